The zero-order valence-corrected chi connectivity index (χ0v) is 16.6. The highest BCUT2D eigenvalue weighted by molar-refractivity contribution is 5.84. The van der Waals surface area contributed by atoms with Gasteiger partial charge in [0.2, 0.25) is 0 Å². The van der Waals surface area contributed by atoms with Crippen molar-refractivity contribution in [2.45, 2.75) is 69.7 Å². The highest BCUT2D eigenvalue weighted by Crippen LogP contribution is 2.64. The van der Waals surface area contributed by atoms with Crippen LogP contribution in [-0.4, -0.2) is 43.5 Å². The number of hydrogen-bond donors (Lipinski definition) is 2. The fraction of sp³-hybridized carbons (Fsp3) is 0.955. The average molecular weight is 375 g/mol. The number of carbonyl (C=O) groups excluding carboxylic acids is 1. The Morgan fingerprint density at radius 2 is 1.74 bits per heavy atom. The predicted octanol–water partition coefficient (Wildman–Crippen LogP) is 2.45. The van der Waals surface area contributed by atoms with E-state index in [-0.39, 0.29) is 16.9 Å². The van der Waals surface area contributed by atoms with Gasteiger partial charge in [0, 0.05) is 43.7 Å². The molecular formula is C22H34N2O3. The van der Waals surface area contributed by atoms with Crippen molar-refractivity contribution in [3.63, 3.8) is 0 Å². The number of hydrogen-bond acceptors (Lipinski definition) is 5. The molecule has 0 aromatic rings. The van der Waals surface area contributed by atoms with Crippen LogP contribution < -0.4 is 10.6 Å². The van der Waals surface area contributed by atoms with Crippen LogP contribution in [0.3, 0.4) is 0 Å². The first kappa shape index (κ1) is 17.4. The Morgan fingerprint density at radius 3 is 2.52 bits per heavy atom. The largest absolute Gasteiger partial charge is 0.348 e. The van der Waals surface area contributed by atoms with Crippen LogP contribution in [0, 0.1) is 35.0 Å². The fourth-order valence-corrected chi connectivity index (χ4v) is 8.59. The monoisotopic (exact) mass is 374 g/mol. The maximum Gasteiger partial charge on any atom is 0.168 e. The van der Waals surface area contributed by atoms with Crippen molar-refractivity contribution in [2.24, 2.45) is 35.0 Å². The van der Waals surface area contributed by atoms with E-state index >= 15 is 0 Å². The van der Waals surface area contributed by atoms with Gasteiger partial charge in [-0.25, -0.2) is 0 Å². The van der Waals surface area contributed by atoms with Crippen LogP contribution in [0.15, 0.2) is 0 Å². The van der Waals surface area contributed by atoms with Gasteiger partial charge in [-0.15, -0.1) is 0 Å². The van der Waals surface area contributed by atoms with Crippen molar-refractivity contribution < 1.29 is 14.3 Å². The van der Waals surface area contributed by atoms with Crippen molar-refractivity contribution in [3.05, 3.63) is 0 Å². The molecule has 2 heterocycles. The third-order valence-corrected chi connectivity index (χ3v) is 9.68. The molecule has 0 unspecified atom stereocenters. The second-order valence-corrected chi connectivity index (χ2v) is 10.5. The normalized spacial score (nSPS) is 50.0. The molecule has 2 saturated heterocycles. The van der Waals surface area contributed by atoms with Crippen LogP contribution >= 0.6 is 0 Å². The summed E-state index contributed by atoms with van der Waals surface area (Å²) in [6.07, 6.45) is 8.83. The first-order valence-corrected chi connectivity index (χ1v) is 11.4. The summed E-state index contributed by atoms with van der Waals surface area (Å²) in [6, 6.07) is 0. The molecule has 27 heavy (non-hydrogen) atoms. The lowest BCUT2D eigenvalue weighted by Gasteiger charge is -2.57. The smallest absolute Gasteiger partial charge is 0.168 e. The van der Waals surface area contributed by atoms with Crippen molar-refractivity contribution in [2.75, 3.05) is 26.3 Å². The van der Waals surface area contributed by atoms with Crippen LogP contribution in [0.25, 0.3) is 0 Å². The molecule has 0 aromatic carbocycles. The molecule has 0 bridgehead atoms. The quantitative estimate of drug-likeness (QED) is 0.682. The molecule has 0 amide bonds. The van der Waals surface area contributed by atoms with Gasteiger partial charge < -0.3 is 9.47 Å². The van der Waals surface area contributed by atoms with Gasteiger partial charge in [-0.2, -0.15) is 0 Å². The third-order valence-electron chi connectivity index (χ3n) is 9.68. The number of Topliss-reactive ketones (excluding diaryl/α,β-unsaturated/α-hetero) is 1. The van der Waals surface area contributed by atoms with Crippen molar-refractivity contribution in [1.82, 2.24) is 10.6 Å². The van der Waals surface area contributed by atoms with E-state index in [0.29, 0.717) is 35.4 Å². The second kappa shape index (κ2) is 5.78. The van der Waals surface area contributed by atoms with Gasteiger partial charge in [-0.05, 0) is 55.8 Å². The highest BCUT2D eigenvalue weighted by Gasteiger charge is 2.66. The fourth-order valence-electron chi connectivity index (χ4n) is 8.59. The molecule has 6 rings (SSSR count). The Balaban J connectivity index is 1.28. The molecule has 150 valence electrons. The summed E-state index contributed by atoms with van der Waals surface area (Å²) < 4.78 is 12.0. The number of rotatable bonds is 0. The van der Waals surface area contributed by atoms with Gasteiger partial charge in [0.15, 0.2) is 5.79 Å². The number of ether oxygens (including phenoxy) is 2. The van der Waals surface area contributed by atoms with Gasteiger partial charge in [0.25, 0.3) is 0 Å². The second-order valence-electron chi connectivity index (χ2n) is 10.5. The van der Waals surface area contributed by atoms with E-state index in [1.165, 1.54) is 25.7 Å². The predicted molar refractivity (Wildman–Crippen MR) is 101 cm³/mol. The van der Waals surface area contributed by atoms with Crippen LogP contribution in [0.5, 0.6) is 0 Å². The van der Waals surface area contributed by atoms with E-state index < -0.39 is 0 Å². The highest BCUT2D eigenvalue weighted by atomic mass is 16.7. The number of nitrogens with one attached hydrogen (secondary N) is 2. The Labute approximate surface area is 162 Å². The van der Waals surface area contributed by atoms with E-state index in [0.717, 1.165) is 52.0 Å². The minimum Gasteiger partial charge on any atom is -0.348 e. The molecule has 0 radical (unpaired) electrons. The summed E-state index contributed by atoms with van der Waals surface area (Å²) in [5.41, 5.74) is 0.0967. The van der Waals surface area contributed by atoms with Gasteiger partial charge >= 0.3 is 0 Å². The van der Waals surface area contributed by atoms with Gasteiger partial charge in [-0.1, -0.05) is 6.92 Å². The van der Waals surface area contributed by atoms with E-state index in [1.54, 1.807) is 0 Å². The Bertz CT molecular complexity index is 639. The summed E-state index contributed by atoms with van der Waals surface area (Å²) in [5.74, 6) is 3.03. The topological polar surface area (TPSA) is 59.6 Å². The molecule has 4 aliphatic carbocycles. The molecule has 0 aromatic heterocycles. The number of fused-ring (bicyclic) bond motifs is 6. The Hall–Kier alpha value is -0.490. The summed E-state index contributed by atoms with van der Waals surface area (Å²) in [6.45, 7) is 5.97. The average Bonchev–Trinajstić information content (AvgIpc) is 3.37. The van der Waals surface area contributed by atoms with Crippen LogP contribution in [0.4, 0.5) is 0 Å². The first-order valence-electron chi connectivity index (χ1n) is 11.4. The lowest BCUT2D eigenvalue weighted by atomic mass is 9.49. The standard InChI is InChI=1S/C22H34N2O3/c1-20-13-18(25)19-15-4-6-21(26-10-11-27-21)12-14(15)2-3-16(19)17(20)5-7-22(20)23-8-9-24-22/h14-17,19,23-24H,2-13H2,1H3/t14-,15-,16+,17-,19+,20+/m0/s1. The zero-order chi connectivity index (χ0) is 18.3. The zero-order valence-electron chi connectivity index (χ0n) is 16.6. The number of ketones is 1. The molecule has 4 saturated carbocycles. The van der Waals surface area contributed by atoms with Crippen LogP contribution in [0.1, 0.15) is 58.3 Å². The molecule has 2 N–H and O–H groups in total. The SMILES string of the molecule is C[C@@]12CC(=O)[C@@H]3[C@H]4CCC5(C[C@@H]4CC[C@@H]3[C@@H]1CCC21NCCN1)OCCO5. The Kier molecular flexibility index (Phi) is 3.72. The summed E-state index contributed by atoms with van der Waals surface area (Å²) in [4.78, 5) is 13.6. The molecule has 2 aliphatic heterocycles. The van der Waals surface area contributed by atoms with Gasteiger partial charge in [0.05, 0.1) is 18.9 Å². The maximum atomic E-state index is 13.6. The maximum absolute atomic E-state index is 13.6. The molecule has 5 nitrogen and oxygen atoms in total. The third kappa shape index (κ3) is 2.23. The molecule has 2 spiro atoms. The van der Waals surface area contributed by atoms with E-state index in [1.807, 2.05) is 0 Å². The van der Waals surface area contributed by atoms with Gasteiger partial charge in [-0.3, -0.25) is 15.4 Å². The molecule has 6 fully saturated rings. The van der Waals surface area contributed by atoms with E-state index in [2.05, 4.69) is 17.6 Å². The van der Waals surface area contributed by atoms with Crippen LogP contribution in [-0.2, 0) is 14.3 Å². The minimum atomic E-state index is -0.310. The molecule has 5 heteroatoms. The van der Waals surface area contributed by atoms with Crippen molar-refractivity contribution >= 4 is 5.78 Å². The lowest BCUT2D eigenvalue weighted by Crippen LogP contribution is -2.64. The molecule has 6 aliphatic rings. The van der Waals surface area contributed by atoms with Crippen molar-refractivity contribution in [1.29, 1.82) is 0 Å². The Morgan fingerprint density at radius 1 is 0.963 bits per heavy atom. The number of carbonyl (C=O) groups is 1. The van der Waals surface area contributed by atoms with Gasteiger partial charge in [0.1, 0.15) is 5.78 Å². The van der Waals surface area contributed by atoms with Crippen molar-refractivity contribution in [3.8, 4) is 0 Å². The lowest BCUT2D eigenvalue weighted by molar-refractivity contribution is -0.209. The first-order chi connectivity index (χ1) is 13.1. The minimum absolute atomic E-state index is 0.0112. The summed E-state index contributed by atoms with van der Waals surface area (Å²) in [7, 11) is 0. The molecule has 6 atom stereocenters. The summed E-state index contributed by atoms with van der Waals surface area (Å²) >= 11 is 0. The van der Waals surface area contributed by atoms with E-state index in [4.69, 9.17) is 9.47 Å². The molecular weight excluding hydrogens is 340 g/mol. The van der Waals surface area contributed by atoms with Crippen LogP contribution in [0.2, 0.25) is 0 Å². The summed E-state index contributed by atoms with van der Waals surface area (Å²) in [5, 5.41) is 7.56. The van der Waals surface area contributed by atoms with E-state index in [9.17, 15) is 4.79 Å².